The molecule has 28 heavy (non-hydrogen) atoms. The number of hydrogen-bond donors (Lipinski definition) is 1. The van der Waals surface area contributed by atoms with Gasteiger partial charge in [-0.3, -0.25) is 4.79 Å². The number of aryl methyl sites for hydroxylation is 2. The molecule has 0 aromatic heterocycles. The molecule has 0 aliphatic carbocycles. The minimum Gasteiger partial charge on any atom is -0.492 e. The number of benzene rings is 2. The third-order valence-electron chi connectivity index (χ3n) is 5.05. The second-order valence-corrected chi connectivity index (χ2v) is 8.81. The van der Waals surface area contributed by atoms with Crippen molar-refractivity contribution in [3.05, 3.63) is 53.1 Å². The molecule has 0 radical (unpaired) electrons. The molecule has 6 nitrogen and oxygen atoms in total. The minimum atomic E-state index is -3.64. The number of rotatable bonds is 7. The molecular weight excluding hydrogens is 376 g/mol. The highest BCUT2D eigenvalue weighted by Crippen LogP contribution is 2.27. The normalized spacial score (nSPS) is 14.5. The van der Waals surface area contributed by atoms with Gasteiger partial charge in [-0.1, -0.05) is 12.1 Å². The Morgan fingerprint density at radius 2 is 1.89 bits per heavy atom. The van der Waals surface area contributed by atoms with Crippen LogP contribution in [-0.2, 0) is 14.8 Å². The fraction of sp³-hybridized carbons (Fsp3) is 0.381. The summed E-state index contributed by atoms with van der Waals surface area (Å²) in [6.07, 6.45) is 1.38. The molecule has 7 heteroatoms. The van der Waals surface area contributed by atoms with Crippen LogP contribution in [0, 0.1) is 20.8 Å². The molecule has 150 valence electrons. The van der Waals surface area contributed by atoms with Gasteiger partial charge in [-0.2, -0.15) is 0 Å². The van der Waals surface area contributed by atoms with Crippen molar-refractivity contribution in [3.8, 4) is 5.75 Å². The zero-order chi connectivity index (χ0) is 20.3. The Morgan fingerprint density at radius 3 is 2.57 bits per heavy atom. The highest BCUT2D eigenvalue weighted by molar-refractivity contribution is 7.89. The molecular formula is C21H26N2O4S. The van der Waals surface area contributed by atoms with Gasteiger partial charge >= 0.3 is 0 Å². The lowest BCUT2D eigenvalue weighted by molar-refractivity contribution is -0.117. The highest BCUT2D eigenvalue weighted by atomic mass is 32.2. The highest BCUT2D eigenvalue weighted by Gasteiger charge is 2.24. The molecule has 1 N–H and O–H groups in total. The van der Waals surface area contributed by atoms with Crippen LogP contribution in [0.15, 0.2) is 41.3 Å². The first-order chi connectivity index (χ1) is 13.3. The lowest BCUT2D eigenvalue weighted by Gasteiger charge is -2.19. The van der Waals surface area contributed by atoms with Crippen molar-refractivity contribution >= 4 is 21.6 Å². The minimum absolute atomic E-state index is 0.0837. The molecule has 0 spiro atoms. The maximum absolute atomic E-state index is 12.6. The zero-order valence-electron chi connectivity index (χ0n) is 16.5. The van der Waals surface area contributed by atoms with Crippen molar-refractivity contribution in [3.63, 3.8) is 0 Å². The summed E-state index contributed by atoms with van der Waals surface area (Å²) in [7, 11) is -3.64. The predicted octanol–water partition coefficient (Wildman–Crippen LogP) is 3.10. The second kappa shape index (κ2) is 8.32. The van der Waals surface area contributed by atoms with E-state index in [2.05, 4.69) is 4.72 Å². The second-order valence-electron chi connectivity index (χ2n) is 7.04. The van der Waals surface area contributed by atoms with Gasteiger partial charge in [0, 0.05) is 25.2 Å². The fourth-order valence-electron chi connectivity index (χ4n) is 3.30. The van der Waals surface area contributed by atoms with Crippen molar-refractivity contribution in [2.45, 2.75) is 38.5 Å². The average molecular weight is 403 g/mol. The number of nitrogens with zero attached hydrogens (tertiary/aromatic N) is 1. The Labute approximate surface area is 166 Å². The van der Waals surface area contributed by atoms with E-state index in [1.165, 1.54) is 0 Å². The van der Waals surface area contributed by atoms with Gasteiger partial charge in [0.25, 0.3) is 0 Å². The molecule has 2 aromatic carbocycles. The first kappa shape index (κ1) is 20.4. The standard InChI is InChI=1S/C21H26N2O4S/c1-15-6-4-7-20(17(15)3)27-13-11-22-28(25,26)18-9-10-19(16(2)14-18)23-12-5-8-21(23)24/h4,6-7,9-10,14,22H,5,8,11-13H2,1-3H3. The maximum Gasteiger partial charge on any atom is 0.240 e. The molecule has 3 rings (SSSR count). The predicted molar refractivity (Wildman–Crippen MR) is 109 cm³/mol. The van der Waals surface area contributed by atoms with E-state index in [4.69, 9.17) is 4.74 Å². The number of nitrogens with one attached hydrogen (secondary N) is 1. The average Bonchev–Trinajstić information content (AvgIpc) is 3.07. The number of anilines is 1. The molecule has 1 aliphatic rings. The van der Waals surface area contributed by atoms with E-state index in [0.29, 0.717) is 13.0 Å². The van der Waals surface area contributed by atoms with Gasteiger partial charge in [-0.15, -0.1) is 0 Å². The summed E-state index contributed by atoms with van der Waals surface area (Å²) < 4.78 is 33.4. The molecule has 0 saturated carbocycles. The molecule has 1 fully saturated rings. The Bertz CT molecular complexity index is 986. The summed E-state index contributed by atoms with van der Waals surface area (Å²) in [5, 5.41) is 0. The van der Waals surface area contributed by atoms with Crippen LogP contribution in [0.2, 0.25) is 0 Å². The van der Waals surface area contributed by atoms with E-state index in [1.54, 1.807) is 23.1 Å². The Balaban J connectivity index is 1.62. The van der Waals surface area contributed by atoms with Crippen molar-refractivity contribution in [2.75, 3.05) is 24.6 Å². The number of carbonyl (C=O) groups excluding carboxylic acids is 1. The maximum atomic E-state index is 12.6. The Kier molecular flexibility index (Phi) is 6.05. The Morgan fingerprint density at radius 1 is 1.11 bits per heavy atom. The van der Waals surface area contributed by atoms with Crippen LogP contribution >= 0.6 is 0 Å². The summed E-state index contributed by atoms with van der Waals surface area (Å²) in [6.45, 7) is 6.89. The van der Waals surface area contributed by atoms with Crippen molar-refractivity contribution < 1.29 is 17.9 Å². The lowest BCUT2D eigenvalue weighted by Crippen LogP contribution is -2.29. The van der Waals surface area contributed by atoms with E-state index in [-0.39, 0.29) is 24.0 Å². The first-order valence-corrected chi connectivity index (χ1v) is 10.9. The molecule has 0 unspecified atom stereocenters. The SMILES string of the molecule is Cc1cc(S(=O)(=O)NCCOc2cccc(C)c2C)ccc1N1CCCC1=O. The van der Waals surface area contributed by atoms with E-state index < -0.39 is 10.0 Å². The fourth-order valence-corrected chi connectivity index (χ4v) is 4.40. The molecule has 2 aromatic rings. The monoisotopic (exact) mass is 402 g/mol. The molecule has 1 heterocycles. The van der Waals surface area contributed by atoms with Crippen molar-refractivity contribution in [1.82, 2.24) is 4.72 Å². The number of sulfonamides is 1. The van der Waals surface area contributed by atoms with Gasteiger partial charge in [-0.25, -0.2) is 13.1 Å². The largest absolute Gasteiger partial charge is 0.492 e. The van der Waals surface area contributed by atoms with Gasteiger partial charge in [-0.05, 0) is 68.1 Å². The topological polar surface area (TPSA) is 75.7 Å². The summed E-state index contributed by atoms with van der Waals surface area (Å²) >= 11 is 0. The van der Waals surface area contributed by atoms with Crippen LogP contribution in [0.3, 0.4) is 0 Å². The zero-order valence-corrected chi connectivity index (χ0v) is 17.3. The van der Waals surface area contributed by atoms with E-state index >= 15 is 0 Å². The molecule has 0 bridgehead atoms. The third kappa shape index (κ3) is 4.36. The number of ether oxygens (including phenoxy) is 1. The molecule has 1 aliphatic heterocycles. The van der Waals surface area contributed by atoms with Crippen LogP contribution in [0.4, 0.5) is 5.69 Å². The van der Waals surface area contributed by atoms with E-state index in [0.717, 1.165) is 34.5 Å². The molecule has 1 saturated heterocycles. The quantitative estimate of drug-likeness (QED) is 0.722. The summed E-state index contributed by atoms with van der Waals surface area (Å²) in [4.78, 5) is 13.8. The summed E-state index contributed by atoms with van der Waals surface area (Å²) in [5.74, 6) is 0.843. The van der Waals surface area contributed by atoms with Gasteiger partial charge < -0.3 is 9.64 Å². The van der Waals surface area contributed by atoms with Crippen LogP contribution in [0.1, 0.15) is 29.5 Å². The van der Waals surface area contributed by atoms with E-state index in [9.17, 15) is 13.2 Å². The van der Waals surface area contributed by atoms with Gasteiger partial charge in [0.15, 0.2) is 0 Å². The number of hydrogen-bond acceptors (Lipinski definition) is 4. The summed E-state index contributed by atoms with van der Waals surface area (Å²) in [5.41, 5.74) is 3.72. The van der Waals surface area contributed by atoms with Crippen molar-refractivity contribution in [1.29, 1.82) is 0 Å². The van der Waals surface area contributed by atoms with E-state index in [1.807, 2.05) is 39.0 Å². The number of carbonyl (C=O) groups is 1. The third-order valence-corrected chi connectivity index (χ3v) is 6.51. The van der Waals surface area contributed by atoms with Gasteiger partial charge in [0.05, 0.1) is 4.90 Å². The summed E-state index contributed by atoms with van der Waals surface area (Å²) in [6, 6.07) is 10.7. The Hall–Kier alpha value is -2.38. The van der Waals surface area contributed by atoms with Gasteiger partial charge in [0.1, 0.15) is 12.4 Å². The van der Waals surface area contributed by atoms with Gasteiger partial charge in [0.2, 0.25) is 15.9 Å². The van der Waals surface area contributed by atoms with Crippen LogP contribution in [-0.4, -0.2) is 34.0 Å². The molecule has 0 atom stereocenters. The first-order valence-electron chi connectivity index (χ1n) is 9.39. The van der Waals surface area contributed by atoms with Crippen LogP contribution < -0.4 is 14.4 Å². The molecule has 1 amide bonds. The smallest absolute Gasteiger partial charge is 0.240 e. The number of amides is 1. The van der Waals surface area contributed by atoms with Crippen LogP contribution in [0.25, 0.3) is 0 Å². The van der Waals surface area contributed by atoms with Crippen LogP contribution in [0.5, 0.6) is 5.75 Å². The van der Waals surface area contributed by atoms with Crippen molar-refractivity contribution in [2.24, 2.45) is 0 Å². The lowest BCUT2D eigenvalue weighted by atomic mass is 10.1.